The van der Waals surface area contributed by atoms with Crippen LogP contribution in [0.3, 0.4) is 0 Å². The molecule has 2 aliphatic carbocycles. The number of nitriles is 1. The monoisotopic (exact) mass is 277 g/mol. The molecule has 0 bridgehead atoms. The molecule has 2 atom stereocenters. The number of hydrogen-bond donors (Lipinski definition) is 1. The van der Waals surface area contributed by atoms with Crippen molar-refractivity contribution in [3.8, 4) is 6.07 Å². The Morgan fingerprint density at radius 2 is 1.85 bits per heavy atom. The Bertz CT molecular complexity index is 362. The van der Waals surface area contributed by atoms with Gasteiger partial charge >= 0.3 is 0 Å². The minimum absolute atomic E-state index is 0.464. The molecule has 0 saturated heterocycles. The van der Waals surface area contributed by atoms with Crippen molar-refractivity contribution in [2.45, 2.75) is 84.2 Å². The molecule has 0 aromatic heterocycles. The van der Waals surface area contributed by atoms with Gasteiger partial charge in [-0.25, -0.2) is 0 Å². The van der Waals surface area contributed by atoms with E-state index in [4.69, 9.17) is 0 Å². The summed E-state index contributed by atoms with van der Waals surface area (Å²) in [5.74, 6) is 2.07. The van der Waals surface area contributed by atoms with Crippen molar-refractivity contribution in [3.63, 3.8) is 0 Å². The first kappa shape index (κ1) is 15.8. The smallest absolute Gasteiger partial charge is 0.0862 e. The van der Waals surface area contributed by atoms with Gasteiger partial charge in [0.25, 0.3) is 0 Å². The van der Waals surface area contributed by atoms with E-state index >= 15 is 0 Å². The zero-order valence-corrected chi connectivity index (χ0v) is 13.5. The highest BCUT2D eigenvalue weighted by atomic mass is 16.3. The van der Waals surface area contributed by atoms with E-state index in [1.165, 1.54) is 6.42 Å². The Hall–Kier alpha value is -0.550. The van der Waals surface area contributed by atoms with Gasteiger partial charge in [0.05, 0.1) is 17.1 Å². The maximum Gasteiger partial charge on any atom is 0.0862 e. The molecular formula is C18H31NO. The molecule has 20 heavy (non-hydrogen) atoms. The van der Waals surface area contributed by atoms with Crippen molar-refractivity contribution < 1.29 is 5.11 Å². The van der Waals surface area contributed by atoms with E-state index < -0.39 is 11.0 Å². The van der Waals surface area contributed by atoms with Gasteiger partial charge in [0, 0.05) is 0 Å². The van der Waals surface area contributed by atoms with Crippen LogP contribution in [-0.2, 0) is 0 Å². The largest absolute Gasteiger partial charge is 0.388 e. The molecule has 2 fully saturated rings. The Morgan fingerprint density at radius 3 is 2.35 bits per heavy atom. The van der Waals surface area contributed by atoms with Gasteiger partial charge in [0.1, 0.15) is 0 Å². The molecule has 0 aromatic rings. The molecular weight excluding hydrogens is 246 g/mol. The molecule has 1 N–H and O–H groups in total. The van der Waals surface area contributed by atoms with Crippen molar-refractivity contribution >= 4 is 0 Å². The fourth-order valence-corrected chi connectivity index (χ4v) is 4.63. The van der Waals surface area contributed by atoms with E-state index in [2.05, 4.69) is 26.8 Å². The van der Waals surface area contributed by atoms with Crippen molar-refractivity contribution in [2.24, 2.45) is 23.2 Å². The van der Waals surface area contributed by atoms with E-state index in [9.17, 15) is 10.4 Å². The fraction of sp³-hybridized carbons (Fsp3) is 0.944. The lowest BCUT2D eigenvalue weighted by Crippen LogP contribution is -2.52. The summed E-state index contributed by atoms with van der Waals surface area (Å²) in [6.45, 7) is 6.78. The second kappa shape index (κ2) is 6.06. The zero-order valence-electron chi connectivity index (χ0n) is 13.5. The first-order chi connectivity index (χ1) is 9.46. The number of aliphatic hydroxyl groups is 1. The Morgan fingerprint density at radius 1 is 1.20 bits per heavy atom. The lowest BCUT2D eigenvalue weighted by molar-refractivity contribution is -0.115. The summed E-state index contributed by atoms with van der Waals surface area (Å²) in [5.41, 5.74) is -1.19. The number of rotatable bonds is 3. The van der Waals surface area contributed by atoms with Gasteiger partial charge in [-0.2, -0.15) is 5.26 Å². The van der Waals surface area contributed by atoms with Gasteiger partial charge in [-0.05, 0) is 56.3 Å². The van der Waals surface area contributed by atoms with Crippen LogP contribution in [0.15, 0.2) is 0 Å². The van der Waals surface area contributed by atoms with E-state index in [0.717, 1.165) is 57.3 Å². The Balaban J connectivity index is 2.13. The predicted octanol–water partition coefficient (Wildman–Crippen LogP) is 4.67. The summed E-state index contributed by atoms with van der Waals surface area (Å²) in [5, 5.41) is 21.1. The molecule has 2 saturated carbocycles. The molecule has 2 nitrogen and oxygen atoms in total. The molecule has 0 radical (unpaired) electrons. The first-order valence-corrected chi connectivity index (χ1v) is 8.60. The quantitative estimate of drug-likeness (QED) is 0.814. The summed E-state index contributed by atoms with van der Waals surface area (Å²) in [4.78, 5) is 0. The Kier molecular flexibility index (Phi) is 4.80. The molecule has 0 aromatic carbocycles. The van der Waals surface area contributed by atoms with Gasteiger partial charge in [-0.3, -0.25) is 0 Å². The lowest BCUT2D eigenvalue weighted by atomic mass is 9.56. The maximum atomic E-state index is 11.2. The van der Waals surface area contributed by atoms with Crippen molar-refractivity contribution in [1.29, 1.82) is 5.26 Å². The summed E-state index contributed by atoms with van der Waals surface area (Å²) < 4.78 is 0. The molecule has 114 valence electrons. The van der Waals surface area contributed by atoms with Crippen LogP contribution in [0.2, 0.25) is 0 Å². The van der Waals surface area contributed by atoms with E-state index in [0.29, 0.717) is 11.8 Å². The minimum Gasteiger partial charge on any atom is -0.388 e. The third-order valence-electron chi connectivity index (χ3n) is 6.34. The van der Waals surface area contributed by atoms with Gasteiger partial charge in [0.2, 0.25) is 0 Å². The predicted molar refractivity (Wildman–Crippen MR) is 82.0 cm³/mol. The number of hydrogen-bond acceptors (Lipinski definition) is 2. The maximum absolute atomic E-state index is 11.2. The third kappa shape index (κ3) is 2.75. The second-order valence-electron chi connectivity index (χ2n) is 7.68. The SMILES string of the molecule is CCC1CCCC(C#N)(C2(O)CCC(C(C)C)CC2)C1. The zero-order chi connectivity index (χ0) is 14.8. The molecule has 2 rings (SSSR count). The highest BCUT2D eigenvalue weighted by molar-refractivity contribution is 5.14. The van der Waals surface area contributed by atoms with Gasteiger partial charge < -0.3 is 5.11 Å². The van der Waals surface area contributed by atoms with Crippen LogP contribution < -0.4 is 0 Å². The lowest BCUT2D eigenvalue weighted by Gasteiger charge is -2.50. The van der Waals surface area contributed by atoms with Crippen molar-refractivity contribution in [2.75, 3.05) is 0 Å². The van der Waals surface area contributed by atoms with Crippen molar-refractivity contribution in [3.05, 3.63) is 0 Å². The summed E-state index contributed by atoms with van der Waals surface area (Å²) in [6, 6.07) is 2.59. The first-order valence-electron chi connectivity index (χ1n) is 8.60. The van der Waals surface area contributed by atoms with Crippen LogP contribution in [-0.4, -0.2) is 10.7 Å². The number of nitrogens with zero attached hydrogens (tertiary/aromatic N) is 1. The highest BCUT2D eigenvalue weighted by Crippen LogP contribution is 2.53. The van der Waals surface area contributed by atoms with E-state index in [1.54, 1.807) is 0 Å². The topological polar surface area (TPSA) is 44.0 Å². The molecule has 0 amide bonds. The summed E-state index contributed by atoms with van der Waals surface area (Å²) in [7, 11) is 0. The molecule has 2 unspecified atom stereocenters. The van der Waals surface area contributed by atoms with Crippen LogP contribution in [0.4, 0.5) is 0 Å². The normalized spacial score (nSPS) is 42.4. The van der Waals surface area contributed by atoms with Gasteiger partial charge in [-0.15, -0.1) is 0 Å². The average molecular weight is 277 g/mol. The van der Waals surface area contributed by atoms with Crippen molar-refractivity contribution in [1.82, 2.24) is 0 Å². The van der Waals surface area contributed by atoms with Crippen LogP contribution in [0.1, 0.15) is 78.6 Å². The summed E-state index contributed by atoms with van der Waals surface area (Å²) >= 11 is 0. The molecule has 0 spiro atoms. The minimum atomic E-state index is -0.721. The van der Waals surface area contributed by atoms with Gasteiger partial charge in [-0.1, -0.05) is 40.0 Å². The average Bonchev–Trinajstić information content (AvgIpc) is 2.47. The van der Waals surface area contributed by atoms with Crippen LogP contribution >= 0.6 is 0 Å². The summed E-state index contributed by atoms with van der Waals surface area (Å²) in [6.07, 6.45) is 9.18. The second-order valence-corrected chi connectivity index (χ2v) is 7.68. The molecule has 2 aliphatic rings. The molecule has 2 heteroatoms. The standard InChI is InChI=1S/C18H31NO/c1-4-15-6-5-9-17(12-15,13-19)18(20)10-7-16(8-11-18)14(2)3/h14-16,20H,4-12H2,1-3H3. The highest BCUT2D eigenvalue weighted by Gasteiger charge is 2.53. The Labute approximate surface area is 124 Å². The molecule has 0 aliphatic heterocycles. The van der Waals surface area contributed by atoms with E-state index in [1.807, 2.05) is 0 Å². The molecule has 0 heterocycles. The van der Waals surface area contributed by atoms with Crippen LogP contribution in [0.5, 0.6) is 0 Å². The van der Waals surface area contributed by atoms with E-state index in [-0.39, 0.29) is 0 Å². The van der Waals surface area contributed by atoms with Crippen LogP contribution in [0.25, 0.3) is 0 Å². The fourth-order valence-electron chi connectivity index (χ4n) is 4.63. The van der Waals surface area contributed by atoms with Gasteiger partial charge in [0.15, 0.2) is 0 Å². The van der Waals surface area contributed by atoms with Crippen LogP contribution in [0, 0.1) is 34.5 Å². The third-order valence-corrected chi connectivity index (χ3v) is 6.34.